The molecule has 0 fully saturated rings. The smallest absolute Gasteiger partial charge is 0.255 e. The zero-order chi connectivity index (χ0) is 21.6. The highest BCUT2D eigenvalue weighted by Crippen LogP contribution is 2.28. The summed E-state index contributed by atoms with van der Waals surface area (Å²) in [5.74, 6) is 0.0572. The van der Waals surface area contributed by atoms with Gasteiger partial charge in [-0.05, 0) is 69.4 Å². The molecule has 0 atom stereocenters. The largest absolute Gasteiger partial charge is 0.495 e. The maximum absolute atomic E-state index is 12.7. The molecule has 0 heterocycles. The number of anilines is 1. The number of carbonyl (C=O) groups is 1. The molecule has 0 aliphatic heterocycles. The van der Waals surface area contributed by atoms with E-state index in [1.165, 1.54) is 37.7 Å². The number of carbonyl (C=O) groups excluding carboxylic acids is 1. The first-order chi connectivity index (χ1) is 14.4. The van der Waals surface area contributed by atoms with Gasteiger partial charge in [-0.1, -0.05) is 29.3 Å². The van der Waals surface area contributed by atoms with Crippen LogP contribution >= 0.6 is 0 Å². The zero-order valence-corrected chi connectivity index (χ0v) is 18.2. The van der Waals surface area contributed by atoms with Gasteiger partial charge in [0.15, 0.2) is 0 Å². The number of rotatable bonds is 8. The van der Waals surface area contributed by atoms with Crippen LogP contribution in [0, 0.1) is 6.92 Å². The predicted molar refractivity (Wildman–Crippen MR) is 118 cm³/mol. The molecular formula is C23H28N2O4S. The van der Waals surface area contributed by atoms with Crippen molar-refractivity contribution in [2.45, 2.75) is 43.9 Å². The number of allylic oxidation sites excluding steroid dienone is 1. The summed E-state index contributed by atoms with van der Waals surface area (Å²) in [5, 5.41) is 2.75. The van der Waals surface area contributed by atoms with Crippen LogP contribution in [0.4, 0.5) is 5.69 Å². The summed E-state index contributed by atoms with van der Waals surface area (Å²) in [7, 11) is -2.23. The molecule has 2 N–H and O–H groups in total. The molecular weight excluding hydrogens is 400 g/mol. The fourth-order valence-electron chi connectivity index (χ4n) is 3.41. The van der Waals surface area contributed by atoms with E-state index < -0.39 is 10.0 Å². The lowest BCUT2D eigenvalue weighted by Crippen LogP contribution is -2.25. The normalized spacial score (nSPS) is 14.1. The Morgan fingerprint density at radius 2 is 1.87 bits per heavy atom. The fraction of sp³-hybridized carbons (Fsp3) is 0.348. The average molecular weight is 429 g/mol. The molecule has 0 spiro atoms. The van der Waals surface area contributed by atoms with Crippen molar-refractivity contribution in [2.75, 3.05) is 19.0 Å². The Morgan fingerprint density at radius 3 is 2.53 bits per heavy atom. The highest BCUT2D eigenvalue weighted by atomic mass is 32.2. The lowest BCUT2D eigenvalue weighted by Gasteiger charge is -2.15. The van der Waals surface area contributed by atoms with Gasteiger partial charge in [-0.15, -0.1) is 0 Å². The maximum atomic E-state index is 12.7. The van der Waals surface area contributed by atoms with E-state index in [1.54, 1.807) is 18.2 Å². The lowest BCUT2D eigenvalue weighted by molar-refractivity contribution is 0.102. The number of aryl methyl sites for hydroxylation is 1. The summed E-state index contributed by atoms with van der Waals surface area (Å²) < 4.78 is 33.4. The van der Waals surface area contributed by atoms with Crippen molar-refractivity contribution < 1.29 is 17.9 Å². The van der Waals surface area contributed by atoms with E-state index in [1.807, 2.05) is 19.1 Å². The summed E-state index contributed by atoms with van der Waals surface area (Å²) >= 11 is 0. The number of hydrogen-bond donors (Lipinski definition) is 2. The molecule has 6 nitrogen and oxygen atoms in total. The second-order valence-corrected chi connectivity index (χ2v) is 9.21. The van der Waals surface area contributed by atoms with Gasteiger partial charge in [-0.2, -0.15) is 0 Å². The molecule has 3 rings (SSSR count). The molecule has 2 aromatic carbocycles. The van der Waals surface area contributed by atoms with Crippen molar-refractivity contribution in [1.82, 2.24) is 4.72 Å². The van der Waals surface area contributed by atoms with Crippen LogP contribution in [0.3, 0.4) is 0 Å². The summed E-state index contributed by atoms with van der Waals surface area (Å²) in [5.41, 5.74) is 3.15. The standard InChI is InChI=1S/C23H28N2O4S/c1-17-8-10-19(11-9-17)23(26)25-21-16-20(12-13-22(21)29-2)30(27,28)24-15-14-18-6-4-3-5-7-18/h6,8-13,16,24H,3-5,7,14-15H2,1-2H3,(H,25,26). The molecule has 0 saturated carbocycles. The number of nitrogens with one attached hydrogen (secondary N) is 2. The molecule has 1 aliphatic rings. The van der Waals surface area contributed by atoms with Gasteiger partial charge in [0.25, 0.3) is 5.91 Å². The van der Waals surface area contributed by atoms with E-state index in [-0.39, 0.29) is 10.8 Å². The molecule has 7 heteroatoms. The van der Waals surface area contributed by atoms with E-state index in [0.717, 1.165) is 18.4 Å². The second kappa shape index (κ2) is 9.91. The predicted octanol–water partition coefficient (Wildman–Crippen LogP) is 4.42. The quantitative estimate of drug-likeness (QED) is 0.610. The lowest BCUT2D eigenvalue weighted by atomic mass is 9.97. The second-order valence-electron chi connectivity index (χ2n) is 7.44. The molecule has 0 unspecified atom stereocenters. The molecule has 30 heavy (non-hydrogen) atoms. The number of benzene rings is 2. The molecule has 0 bridgehead atoms. The van der Waals surface area contributed by atoms with Crippen molar-refractivity contribution in [3.05, 3.63) is 65.2 Å². The number of methoxy groups -OCH3 is 1. The van der Waals surface area contributed by atoms with E-state index in [2.05, 4.69) is 16.1 Å². The zero-order valence-electron chi connectivity index (χ0n) is 17.4. The van der Waals surface area contributed by atoms with E-state index in [0.29, 0.717) is 30.0 Å². The van der Waals surface area contributed by atoms with Gasteiger partial charge >= 0.3 is 0 Å². The van der Waals surface area contributed by atoms with Gasteiger partial charge in [0.1, 0.15) is 5.75 Å². The van der Waals surface area contributed by atoms with Crippen LogP contribution in [-0.2, 0) is 10.0 Å². The number of amides is 1. The van der Waals surface area contributed by atoms with Gasteiger partial charge in [0.2, 0.25) is 10.0 Å². The highest BCUT2D eigenvalue weighted by molar-refractivity contribution is 7.89. The minimum atomic E-state index is -3.70. The first-order valence-electron chi connectivity index (χ1n) is 10.1. The maximum Gasteiger partial charge on any atom is 0.255 e. The van der Waals surface area contributed by atoms with Crippen LogP contribution in [0.2, 0.25) is 0 Å². The van der Waals surface area contributed by atoms with Crippen LogP contribution < -0.4 is 14.8 Å². The fourth-order valence-corrected chi connectivity index (χ4v) is 4.47. The molecule has 160 valence electrons. The van der Waals surface area contributed by atoms with Gasteiger partial charge in [0.05, 0.1) is 17.7 Å². The Balaban J connectivity index is 1.72. The summed E-state index contributed by atoms with van der Waals surface area (Å²) in [6.45, 7) is 2.29. The van der Waals surface area contributed by atoms with Crippen molar-refractivity contribution in [3.8, 4) is 5.75 Å². The third kappa shape index (κ3) is 5.70. The average Bonchev–Trinajstić information content (AvgIpc) is 2.74. The van der Waals surface area contributed by atoms with Crippen molar-refractivity contribution in [3.63, 3.8) is 0 Å². The van der Waals surface area contributed by atoms with Crippen LogP contribution in [0.25, 0.3) is 0 Å². The van der Waals surface area contributed by atoms with Crippen LogP contribution in [0.5, 0.6) is 5.75 Å². The van der Waals surface area contributed by atoms with E-state index in [4.69, 9.17) is 4.74 Å². The van der Waals surface area contributed by atoms with Gasteiger partial charge in [-0.25, -0.2) is 13.1 Å². The Kier molecular flexibility index (Phi) is 7.29. The Bertz CT molecular complexity index is 1030. The highest BCUT2D eigenvalue weighted by Gasteiger charge is 2.18. The Hall–Kier alpha value is -2.64. The third-order valence-electron chi connectivity index (χ3n) is 5.17. The molecule has 0 radical (unpaired) electrons. The molecule has 0 aromatic heterocycles. The first-order valence-corrected chi connectivity index (χ1v) is 11.6. The topological polar surface area (TPSA) is 84.5 Å². The van der Waals surface area contributed by atoms with Gasteiger partial charge in [-0.3, -0.25) is 4.79 Å². The first kappa shape index (κ1) is 22.1. The minimum absolute atomic E-state index is 0.0835. The molecule has 1 amide bonds. The number of hydrogen-bond acceptors (Lipinski definition) is 4. The molecule has 1 aliphatic carbocycles. The van der Waals surface area contributed by atoms with Gasteiger partial charge in [0, 0.05) is 12.1 Å². The monoisotopic (exact) mass is 428 g/mol. The van der Waals surface area contributed by atoms with Gasteiger partial charge < -0.3 is 10.1 Å². The Labute approximate surface area is 178 Å². The summed E-state index contributed by atoms with van der Waals surface area (Å²) in [4.78, 5) is 12.6. The number of sulfonamides is 1. The summed E-state index contributed by atoms with van der Waals surface area (Å²) in [6, 6.07) is 11.6. The van der Waals surface area contributed by atoms with Crippen LogP contribution in [0.15, 0.2) is 59.0 Å². The van der Waals surface area contributed by atoms with Crippen LogP contribution in [0.1, 0.15) is 48.0 Å². The van der Waals surface area contributed by atoms with Crippen LogP contribution in [-0.4, -0.2) is 28.0 Å². The van der Waals surface area contributed by atoms with Crippen molar-refractivity contribution in [2.24, 2.45) is 0 Å². The Morgan fingerprint density at radius 1 is 1.10 bits per heavy atom. The SMILES string of the molecule is COc1ccc(S(=O)(=O)NCCC2=CCCCC2)cc1NC(=O)c1ccc(C)cc1. The van der Waals surface area contributed by atoms with E-state index in [9.17, 15) is 13.2 Å². The molecule has 0 saturated heterocycles. The number of ether oxygens (including phenoxy) is 1. The minimum Gasteiger partial charge on any atom is -0.495 e. The summed E-state index contributed by atoms with van der Waals surface area (Å²) in [6.07, 6.45) is 7.42. The van der Waals surface area contributed by atoms with Crippen molar-refractivity contribution >= 4 is 21.6 Å². The van der Waals surface area contributed by atoms with E-state index >= 15 is 0 Å². The molecule has 2 aromatic rings. The third-order valence-corrected chi connectivity index (χ3v) is 6.63. The van der Waals surface area contributed by atoms with Crippen molar-refractivity contribution in [1.29, 1.82) is 0 Å².